The molecule has 0 spiro atoms. The minimum absolute atomic E-state index is 0.0849. The minimum Gasteiger partial charge on any atom is -0.392 e. The molecule has 3 aliphatic heterocycles. The third kappa shape index (κ3) is 4.74. The van der Waals surface area contributed by atoms with E-state index in [0.717, 1.165) is 43.6 Å². The van der Waals surface area contributed by atoms with Crippen LogP contribution in [-0.4, -0.2) is 48.4 Å². The maximum absolute atomic E-state index is 13.5. The molecule has 2 N–H and O–H groups in total. The number of nitrogens with one attached hydrogen (secondary N) is 1. The predicted octanol–water partition coefficient (Wildman–Crippen LogP) is 2.97. The van der Waals surface area contributed by atoms with Crippen LogP contribution >= 0.6 is 0 Å². The number of halogens is 3. The lowest BCUT2D eigenvalue weighted by molar-refractivity contribution is -0.163. The molecule has 3 saturated heterocycles. The Hall–Kier alpha value is -1.11. The van der Waals surface area contributed by atoms with Gasteiger partial charge in [-0.25, -0.2) is 0 Å². The van der Waals surface area contributed by atoms with Crippen molar-refractivity contribution in [3.05, 3.63) is 35.4 Å². The van der Waals surface area contributed by atoms with Gasteiger partial charge >= 0.3 is 6.18 Å². The van der Waals surface area contributed by atoms with Crippen molar-refractivity contribution in [2.24, 2.45) is 11.8 Å². The van der Waals surface area contributed by atoms with Crippen molar-refractivity contribution in [1.29, 1.82) is 0 Å². The quantitative estimate of drug-likeness (QED) is 0.788. The fraction of sp³-hybridized carbons (Fsp3) is 0.684. The zero-order chi connectivity index (χ0) is 17.9. The van der Waals surface area contributed by atoms with Crippen molar-refractivity contribution in [2.45, 2.75) is 44.5 Å². The van der Waals surface area contributed by atoms with Gasteiger partial charge in [-0.15, -0.1) is 0 Å². The van der Waals surface area contributed by atoms with E-state index in [2.05, 4.69) is 10.2 Å². The second kappa shape index (κ2) is 8.06. The summed E-state index contributed by atoms with van der Waals surface area (Å²) in [5.74, 6) is 0.595. The standard InChI is InChI=1S/C19H27F3N2O/c20-19(21,22)18(11-17-12-24-9-6-15(17)7-10-24)23-8-5-14-3-1-2-4-16(14)13-25/h1-4,15,17-18,23,25H,5-13H2. The molecule has 0 aromatic heterocycles. The normalized spacial score (nSPS) is 27.4. The molecule has 2 unspecified atom stereocenters. The van der Waals surface area contributed by atoms with Crippen LogP contribution in [-0.2, 0) is 13.0 Å². The van der Waals surface area contributed by atoms with Crippen LogP contribution in [0.15, 0.2) is 24.3 Å². The molecule has 4 rings (SSSR count). The Balaban J connectivity index is 1.56. The summed E-state index contributed by atoms with van der Waals surface area (Å²) in [6.07, 6.45) is -1.48. The van der Waals surface area contributed by atoms with E-state index >= 15 is 0 Å². The fourth-order valence-corrected chi connectivity index (χ4v) is 4.33. The topological polar surface area (TPSA) is 35.5 Å². The maximum atomic E-state index is 13.5. The Morgan fingerprint density at radius 3 is 2.40 bits per heavy atom. The highest BCUT2D eigenvalue weighted by atomic mass is 19.4. The Morgan fingerprint density at radius 2 is 1.84 bits per heavy atom. The molecule has 1 aromatic carbocycles. The van der Waals surface area contributed by atoms with Crippen LogP contribution in [0.5, 0.6) is 0 Å². The molecule has 0 saturated carbocycles. The minimum atomic E-state index is -4.22. The van der Waals surface area contributed by atoms with Gasteiger partial charge in [0, 0.05) is 6.54 Å². The van der Waals surface area contributed by atoms with Crippen molar-refractivity contribution >= 4 is 0 Å². The van der Waals surface area contributed by atoms with Crippen LogP contribution in [0.2, 0.25) is 0 Å². The molecule has 3 fully saturated rings. The van der Waals surface area contributed by atoms with Gasteiger partial charge in [0.15, 0.2) is 0 Å². The molecule has 3 aliphatic rings. The SMILES string of the molecule is OCc1ccccc1CCNC(CC1CN2CCC1CC2)C(F)(F)F. The molecular weight excluding hydrogens is 329 g/mol. The lowest BCUT2D eigenvalue weighted by atomic mass is 9.76. The average Bonchev–Trinajstić information content (AvgIpc) is 2.61. The number of hydrogen-bond acceptors (Lipinski definition) is 3. The number of alkyl halides is 3. The number of rotatable bonds is 7. The molecular formula is C19H27F3N2O. The maximum Gasteiger partial charge on any atom is 0.403 e. The van der Waals surface area contributed by atoms with E-state index in [1.807, 2.05) is 24.3 Å². The summed E-state index contributed by atoms with van der Waals surface area (Å²) in [6, 6.07) is 5.91. The highest BCUT2D eigenvalue weighted by Crippen LogP contribution is 2.37. The number of aliphatic hydroxyl groups is 1. The molecule has 6 heteroatoms. The monoisotopic (exact) mass is 356 g/mol. The van der Waals surface area contributed by atoms with Crippen molar-refractivity contribution in [3.8, 4) is 0 Å². The summed E-state index contributed by atoms with van der Waals surface area (Å²) in [7, 11) is 0. The van der Waals surface area contributed by atoms with Crippen LogP contribution in [0.3, 0.4) is 0 Å². The van der Waals surface area contributed by atoms with Crippen molar-refractivity contribution in [3.63, 3.8) is 0 Å². The van der Waals surface area contributed by atoms with Crippen LogP contribution in [0, 0.1) is 11.8 Å². The molecule has 140 valence electrons. The van der Waals surface area contributed by atoms with Gasteiger partial charge < -0.3 is 15.3 Å². The number of fused-ring (bicyclic) bond motifs is 3. The lowest BCUT2D eigenvalue weighted by Crippen LogP contribution is -2.52. The second-order valence-electron chi connectivity index (χ2n) is 7.36. The van der Waals surface area contributed by atoms with E-state index in [1.54, 1.807) is 0 Å². The van der Waals surface area contributed by atoms with E-state index in [-0.39, 0.29) is 25.5 Å². The first-order chi connectivity index (χ1) is 12.0. The molecule has 0 radical (unpaired) electrons. The number of aliphatic hydroxyl groups excluding tert-OH is 1. The second-order valence-corrected chi connectivity index (χ2v) is 7.36. The van der Waals surface area contributed by atoms with Gasteiger partial charge in [0.25, 0.3) is 0 Å². The zero-order valence-electron chi connectivity index (χ0n) is 14.4. The third-order valence-corrected chi connectivity index (χ3v) is 5.80. The number of nitrogens with zero attached hydrogens (tertiary/aromatic N) is 1. The highest BCUT2D eigenvalue weighted by molar-refractivity contribution is 5.26. The number of benzene rings is 1. The third-order valence-electron chi connectivity index (χ3n) is 5.80. The molecule has 0 aliphatic carbocycles. The molecule has 2 atom stereocenters. The first kappa shape index (κ1) is 18.7. The van der Waals surface area contributed by atoms with Crippen LogP contribution in [0.4, 0.5) is 13.2 Å². The summed E-state index contributed by atoms with van der Waals surface area (Å²) in [5, 5.41) is 12.1. The summed E-state index contributed by atoms with van der Waals surface area (Å²) in [4.78, 5) is 2.30. The zero-order valence-corrected chi connectivity index (χ0v) is 14.4. The summed E-state index contributed by atoms with van der Waals surface area (Å²) in [5.41, 5.74) is 1.69. The molecule has 0 amide bonds. The van der Waals surface area contributed by atoms with Gasteiger partial charge in [0.05, 0.1) is 6.61 Å². The molecule has 3 nitrogen and oxygen atoms in total. The molecule has 3 heterocycles. The van der Waals surface area contributed by atoms with E-state index in [0.29, 0.717) is 12.3 Å². The Labute approximate surface area is 147 Å². The lowest BCUT2D eigenvalue weighted by Gasteiger charge is -2.46. The van der Waals surface area contributed by atoms with E-state index < -0.39 is 12.2 Å². The summed E-state index contributed by atoms with van der Waals surface area (Å²) in [6.45, 7) is 3.08. The Bertz CT molecular complexity index is 556. The number of piperidine rings is 3. The van der Waals surface area contributed by atoms with Gasteiger partial charge in [0.1, 0.15) is 6.04 Å². The summed E-state index contributed by atoms with van der Waals surface area (Å²) < 4.78 is 40.4. The summed E-state index contributed by atoms with van der Waals surface area (Å²) >= 11 is 0. The first-order valence-electron chi connectivity index (χ1n) is 9.17. The van der Waals surface area contributed by atoms with Gasteiger partial charge in [-0.2, -0.15) is 13.2 Å². The largest absolute Gasteiger partial charge is 0.403 e. The molecule has 2 bridgehead atoms. The molecule has 25 heavy (non-hydrogen) atoms. The van der Waals surface area contributed by atoms with Gasteiger partial charge in [-0.05, 0) is 68.3 Å². The van der Waals surface area contributed by atoms with E-state index in [1.165, 1.54) is 0 Å². The van der Waals surface area contributed by atoms with Crippen LogP contribution < -0.4 is 5.32 Å². The van der Waals surface area contributed by atoms with Crippen molar-refractivity contribution < 1.29 is 18.3 Å². The number of hydrogen-bond donors (Lipinski definition) is 2. The van der Waals surface area contributed by atoms with Gasteiger partial charge in [0.2, 0.25) is 0 Å². The average molecular weight is 356 g/mol. The van der Waals surface area contributed by atoms with Crippen molar-refractivity contribution in [2.75, 3.05) is 26.2 Å². The van der Waals surface area contributed by atoms with Crippen LogP contribution in [0.25, 0.3) is 0 Å². The van der Waals surface area contributed by atoms with Gasteiger partial charge in [-0.3, -0.25) is 0 Å². The fourth-order valence-electron chi connectivity index (χ4n) is 4.33. The Morgan fingerprint density at radius 1 is 1.16 bits per heavy atom. The van der Waals surface area contributed by atoms with E-state index in [4.69, 9.17) is 0 Å². The van der Waals surface area contributed by atoms with Crippen LogP contribution in [0.1, 0.15) is 30.4 Å². The van der Waals surface area contributed by atoms with Crippen molar-refractivity contribution in [1.82, 2.24) is 10.2 Å². The van der Waals surface area contributed by atoms with E-state index in [9.17, 15) is 18.3 Å². The smallest absolute Gasteiger partial charge is 0.392 e. The first-order valence-corrected chi connectivity index (χ1v) is 9.17. The highest BCUT2D eigenvalue weighted by Gasteiger charge is 2.43. The molecule has 1 aromatic rings. The Kier molecular flexibility index (Phi) is 6.02. The van der Waals surface area contributed by atoms with Gasteiger partial charge in [-0.1, -0.05) is 24.3 Å². The predicted molar refractivity (Wildman–Crippen MR) is 91.2 cm³/mol.